The van der Waals surface area contributed by atoms with E-state index in [1.165, 1.54) is 31.2 Å². The third-order valence-corrected chi connectivity index (χ3v) is 7.39. The first kappa shape index (κ1) is 30.9. The Balaban J connectivity index is 1.92. The van der Waals surface area contributed by atoms with Crippen LogP contribution in [-0.2, 0) is 23.4 Å². The summed E-state index contributed by atoms with van der Waals surface area (Å²) in [6, 6.07) is 6.07. The normalized spacial score (nSPS) is 25.4. The van der Waals surface area contributed by atoms with E-state index in [4.69, 9.17) is 35.9 Å². The molecular formula is C22H27ClF3N4O8P. The topological polar surface area (TPSA) is 164 Å². The number of esters is 1. The molecule has 0 aliphatic carbocycles. The van der Waals surface area contributed by atoms with Crippen molar-refractivity contribution in [3.8, 4) is 5.75 Å². The van der Waals surface area contributed by atoms with Gasteiger partial charge in [0, 0.05) is 6.20 Å². The molecule has 0 amide bonds. The third-order valence-electron chi connectivity index (χ3n) is 5.48. The quantitative estimate of drug-likeness (QED) is 0.257. The van der Waals surface area contributed by atoms with Crippen LogP contribution in [-0.4, -0.2) is 63.7 Å². The van der Waals surface area contributed by atoms with Crippen LogP contribution in [0.1, 0.15) is 27.0 Å². The standard InChI is InChI=1S/C22H27ClF3N4O8P/c1-11(2)36-19(32)12(3)29-39(34,38-13-7-5-4-6-8-13)35-10-22(20(25)26)16(31)15(24)18(37-22)30-9-14(23)17(27)28-21(30)33/h4-9,11-12,15-16,18,20,31H,10H2,1-3H3,(H,29,34)(H2,27,28,33)/t12-,15-,16-,18+,22+,39?/m0/s1. The molecule has 0 bridgehead atoms. The second-order valence-electron chi connectivity index (χ2n) is 8.83. The van der Waals surface area contributed by atoms with Crippen LogP contribution in [0.2, 0.25) is 5.02 Å². The Hall–Kier alpha value is -2.68. The van der Waals surface area contributed by atoms with E-state index in [1.54, 1.807) is 19.9 Å². The summed E-state index contributed by atoms with van der Waals surface area (Å²) in [5.41, 5.74) is 1.10. The summed E-state index contributed by atoms with van der Waals surface area (Å²) >= 11 is 5.83. The summed E-state index contributed by atoms with van der Waals surface area (Å²) < 4.78 is 78.8. The maximum Gasteiger partial charge on any atom is 0.459 e. The predicted octanol–water partition coefficient (Wildman–Crippen LogP) is 2.84. The average Bonchev–Trinajstić information content (AvgIpc) is 3.11. The molecule has 2 heterocycles. The highest BCUT2D eigenvalue weighted by Crippen LogP contribution is 2.49. The van der Waals surface area contributed by atoms with Crippen molar-refractivity contribution < 1.29 is 46.2 Å². The highest BCUT2D eigenvalue weighted by Gasteiger charge is 2.62. The van der Waals surface area contributed by atoms with Crippen LogP contribution in [0.5, 0.6) is 5.75 Å². The Kier molecular flexibility index (Phi) is 9.68. The minimum Gasteiger partial charge on any atom is -0.462 e. The van der Waals surface area contributed by atoms with Gasteiger partial charge in [-0.3, -0.25) is 13.9 Å². The lowest BCUT2D eigenvalue weighted by atomic mass is 9.97. The number of nitrogens with two attached hydrogens (primary N) is 1. The molecule has 0 spiro atoms. The number of benzene rings is 1. The van der Waals surface area contributed by atoms with Gasteiger partial charge in [-0.05, 0) is 32.9 Å². The highest BCUT2D eigenvalue weighted by atomic mass is 35.5. The number of hydrogen-bond acceptors (Lipinski definition) is 10. The van der Waals surface area contributed by atoms with Gasteiger partial charge in [-0.15, -0.1) is 0 Å². The van der Waals surface area contributed by atoms with E-state index in [-0.39, 0.29) is 10.8 Å². The molecule has 39 heavy (non-hydrogen) atoms. The molecule has 1 aliphatic heterocycles. The zero-order chi connectivity index (χ0) is 29.1. The molecule has 0 saturated carbocycles. The SMILES string of the molecule is CC(C)OC(=O)[C@H](C)NP(=O)(OC[C@@]1(C(F)F)O[C@@H](n2cc(Cl)c(N)nc2=O)[C@@H](F)[C@@H]1O)Oc1ccccc1. The van der Waals surface area contributed by atoms with E-state index in [1.807, 2.05) is 0 Å². The van der Waals surface area contributed by atoms with Gasteiger partial charge in [0.15, 0.2) is 18.0 Å². The van der Waals surface area contributed by atoms with Gasteiger partial charge >= 0.3 is 19.4 Å². The van der Waals surface area contributed by atoms with E-state index in [0.717, 1.165) is 6.20 Å². The van der Waals surface area contributed by atoms with Crippen LogP contribution in [0.15, 0.2) is 41.3 Å². The van der Waals surface area contributed by atoms with Gasteiger partial charge in [-0.1, -0.05) is 29.8 Å². The zero-order valence-electron chi connectivity index (χ0n) is 20.9. The number of nitrogens with zero attached hydrogens (tertiary/aromatic N) is 2. The van der Waals surface area contributed by atoms with Gasteiger partial charge in [-0.2, -0.15) is 10.1 Å². The predicted molar refractivity (Wildman–Crippen MR) is 132 cm³/mol. The minimum atomic E-state index is -4.71. The Morgan fingerprint density at radius 1 is 1.33 bits per heavy atom. The van der Waals surface area contributed by atoms with Crippen molar-refractivity contribution in [2.45, 2.75) is 63.4 Å². The number of nitrogen functional groups attached to an aromatic ring is 1. The Bertz CT molecular complexity index is 1270. The molecule has 1 aromatic carbocycles. The van der Waals surface area contributed by atoms with Gasteiger partial charge in [0.05, 0.1) is 17.7 Å². The number of halogens is 4. The number of nitrogens with one attached hydrogen (secondary N) is 1. The molecule has 17 heteroatoms. The van der Waals surface area contributed by atoms with Crippen molar-refractivity contribution in [3.63, 3.8) is 0 Å². The van der Waals surface area contributed by atoms with E-state index in [9.17, 15) is 28.0 Å². The number of anilines is 1. The molecule has 216 valence electrons. The molecule has 3 rings (SSSR count). The molecule has 4 N–H and O–H groups in total. The number of ether oxygens (including phenoxy) is 2. The van der Waals surface area contributed by atoms with Crippen LogP contribution >= 0.6 is 19.3 Å². The lowest BCUT2D eigenvalue weighted by molar-refractivity contribution is -0.192. The maximum atomic E-state index is 15.1. The fraction of sp³-hybridized carbons (Fsp3) is 0.500. The van der Waals surface area contributed by atoms with Gasteiger partial charge in [0.25, 0.3) is 6.43 Å². The second kappa shape index (κ2) is 12.2. The first-order chi connectivity index (χ1) is 18.2. The summed E-state index contributed by atoms with van der Waals surface area (Å²) in [7, 11) is -4.71. The van der Waals surface area contributed by atoms with Gasteiger partial charge in [0.2, 0.25) is 0 Å². The molecule has 0 radical (unpaired) electrons. The molecule has 1 saturated heterocycles. The molecule has 1 aromatic heterocycles. The third kappa shape index (κ3) is 6.91. The zero-order valence-corrected chi connectivity index (χ0v) is 22.5. The van der Waals surface area contributed by atoms with E-state index in [0.29, 0.717) is 4.57 Å². The fourth-order valence-electron chi connectivity index (χ4n) is 3.52. The van der Waals surface area contributed by atoms with E-state index in [2.05, 4.69) is 10.1 Å². The molecule has 12 nitrogen and oxygen atoms in total. The molecule has 6 atom stereocenters. The van der Waals surface area contributed by atoms with Crippen molar-refractivity contribution in [3.05, 3.63) is 52.0 Å². The number of aliphatic hydroxyl groups excluding tert-OH is 1. The summed E-state index contributed by atoms with van der Waals surface area (Å²) in [5.74, 6) is -1.29. The first-order valence-corrected chi connectivity index (χ1v) is 13.4. The smallest absolute Gasteiger partial charge is 0.459 e. The van der Waals surface area contributed by atoms with Crippen LogP contribution in [0.3, 0.4) is 0 Å². The average molecular weight is 599 g/mol. The number of rotatable bonds is 11. The van der Waals surface area contributed by atoms with Crippen molar-refractivity contribution >= 4 is 31.1 Å². The van der Waals surface area contributed by atoms with Crippen LogP contribution in [0.25, 0.3) is 0 Å². The number of carbonyl (C=O) groups excluding carboxylic acids is 1. The highest BCUT2D eigenvalue weighted by molar-refractivity contribution is 7.52. The molecule has 1 unspecified atom stereocenters. The minimum absolute atomic E-state index is 0.0351. The van der Waals surface area contributed by atoms with Crippen LogP contribution in [0, 0.1) is 0 Å². The summed E-state index contributed by atoms with van der Waals surface area (Å²) in [6.45, 7) is 3.00. The molecule has 1 fully saturated rings. The summed E-state index contributed by atoms with van der Waals surface area (Å²) in [5, 5.41) is 12.5. The lowest BCUT2D eigenvalue weighted by Gasteiger charge is -2.32. The second-order valence-corrected chi connectivity index (χ2v) is 10.9. The lowest BCUT2D eigenvalue weighted by Crippen LogP contribution is -2.52. The monoisotopic (exact) mass is 598 g/mol. The number of aliphatic hydroxyl groups is 1. The number of alkyl halides is 3. The van der Waals surface area contributed by atoms with Gasteiger partial charge in [-0.25, -0.2) is 22.5 Å². The Morgan fingerprint density at radius 3 is 2.56 bits per heavy atom. The maximum absolute atomic E-state index is 15.1. The molecule has 2 aromatic rings. The summed E-state index contributed by atoms with van der Waals surface area (Å²) in [6.07, 6.45) is -10.7. The fourth-order valence-corrected chi connectivity index (χ4v) is 5.20. The van der Waals surface area contributed by atoms with Crippen molar-refractivity contribution in [1.29, 1.82) is 0 Å². The number of para-hydroxylation sites is 1. The first-order valence-electron chi connectivity index (χ1n) is 11.5. The molecule has 1 aliphatic rings. The Labute approximate surface area is 225 Å². The molecular weight excluding hydrogens is 572 g/mol. The van der Waals surface area contributed by atoms with Gasteiger partial charge < -0.3 is 24.8 Å². The Morgan fingerprint density at radius 2 is 1.97 bits per heavy atom. The summed E-state index contributed by atoms with van der Waals surface area (Å²) in [4.78, 5) is 27.9. The van der Waals surface area contributed by atoms with E-state index < -0.39 is 74.5 Å². The van der Waals surface area contributed by atoms with Crippen molar-refractivity contribution in [1.82, 2.24) is 14.6 Å². The number of hydrogen-bond donors (Lipinski definition) is 3. The van der Waals surface area contributed by atoms with Crippen LogP contribution < -0.4 is 21.0 Å². The van der Waals surface area contributed by atoms with E-state index >= 15 is 4.39 Å². The number of aromatic nitrogens is 2. The van der Waals surface area contributed by atoms with Crippen LogP contribution in [0.4, 0.5) is 19.0 Å². The van der Waals surface area contributed by atoms with Crippen molar-refractivity contribution in [2.75, 3.05) is 12.3 Å². The number of carbonyl (C=O) groups is 1. The van der Waals surface area contributed by atoms with Gasteiger partial charge in [0.1, 0.15) is 23.7 Å². The largest absolute Gasteiger partial charge is 0.462 e. The van der Waals surface area contributed by atoms with Crippen molar-refractivity contribution in [2.24, 2.45) is 0 Å².